The lowest BCUT2D eigenvalue weighted by Crippen LogP contribution is -2.58. The van der Waals surface area contributed by atoms with E-state index in [1.807, 2.05) is 75.9 Å². The summed E-state index contributed by atoms with van der Waals surface area (Å²) in [6.45, 7) is 17.1. The zero-order valence-corrected chi connectivity index (χ0v) is 40.7. The minimum Gasteiger partial charge on any atom is -0.469 e. The van der Waals surface area contributed by atoms with Crippen molar-refractivity contribution in [2.45, 2.75) is 111 Å². The van der Waals surface area contributed by atoms with Crippen LogP contribution in [0.3, 0.4) is 0 Å². The largest absolute Gasteiger partial charge is 0.469 e. The van der Waals surface area contributed by atoms with Crippen LogP contribution in [-0.2, 0) is 23.9 Å². The first kappa shape index (κ1) is 46.7. The summed E-state index contributed by atoms with van der Waals surface area (Å²) in [6.07, 6.45) is 0.308. The number of methoxy groups -OCH3 is 1. The Morgan fingerprint density at radius 3 is 2.32 bits per heavy atom. The molecule has 3 aromatic heterocycles. The van der Waals surface area contributed by atoms with Gasteiger partial charge in [-0.3, -0.25) is 28.7 Å². The number of aliphatic hydroxyl groups excluding tert-OH is 1. The maximum atomic E-state index is 14.4. The Hall–Kier alpha value is -5.78. The maximum Gasteiger partial charge on any atom is 0.308 e. The Balaban J connectivity index is 0.911. The zero-order valence-electron chi connectivity index (χ0n) is 39.0. The van der Waals surface area contributed by atoms with Crippen molar-refractivity contribution in [1.82, 2.24) is 35.3 Å². The first-order chi connectivity index (χ1) is 31.4. The van der Waals surface area contributed by atoms with E-state index < -0.39 is 29.6 Å². The number of nitrogens with one attached hydrogen (secondary N) is 2. The van der Waals surface area contributed by atoms with Crippen molar-refractivity contribution in [3.05, 3.63) is 98.5 Å². The number of thiazole rings is 1. The van der Waals surface area contributed by atoms with Crippen molar-refractivity contribution >= 4 is 57.8 Å². The van der Waals surface area contributed by atoms with Crippen LogP contribution >= 0.6 is 22.7 Å². The second-order valence-corrected chi connectivity index (χ2v) is 21.0. The van der Waals surface area contributed by atoms with E-state index in [2.05, 4.69) is 68.8 Å². The molecule has 0 bridgehead atoms. The number of aryl methyl sites for hydroxylation is 3. The number of carbonyl (C=O) groups is 4. The number of aliphatic imine (C=N–C) groups is 1. The molecule has 8 rings (SSSR count). The second-order valence-electron chi connectivity index (χ2n) is 18.9. The summed E-state index contributed by atoms with van der Waals surface area (Å²) in [5, 5.41) is 26.7. The summed E-state index contributed by atoms with van der Waals surface area (Å²) in [4.78, 5) is 70.0. The van der Waals surface area contributed by atoms with Crippen LogP contribution < -0.4 is 15.5 Å². The highest BCUT2D eigenvalue weighted by Gasteiger charge is 2.45. The normalized spacial score (nSPS) is 20.2. The van der Waals surface area contributed by atoms with Crippen molar-refractivity contribution in [1.29, 1.82) is 0 Å². The van der Waals surface area contributed by atoms with Gasteiger partial charge >= 0.3 is 5.97 Å². The molecule has 348 valence electrons. The smallest absolute Gasteiger partial charge is 0.308 e. The van der Waals surface area contributed by atoms with E-state index in [0.29, 0.717) is 12.4 Å². The number of hydrogen-bond acceptors (Lipinski definition) is 13. The summed E-state index contributed by atoms with van der Waals surface area (Å²) in [7, 11) is 1.37. The van der Waals surface area contributed by atoms with Crippen LogP contribution in [0.5, 0.6) is 0 Å². The van der Waals surface area contributed by atoms with E-state index in [0.717, 1.165) is 78.5 Å². The summed E-state index contributed by atoms with van der Waals surface area (Å²) < 4.78 is 7.06. The molecule has 0 radical (unpaired) electrons. The van der Waals surface area contributed by atoms with E-state index in [1.165, 1.54) is 12.0 Å². The molecule has 2 saturated heterocycles. The minimum absolute atomic E-state index is 0.00432. The first-order valence-corrected chi connectivity index (χ1v) is 24.2. The third-order valence-corrected chi connectivity index (χ3v) is 15.3. The summed E-state index contributed by atoms with van der Waals surface area (Å²) >= 11 is 3.24. The molecule has 17 heteroatoms. The van der Waals surface area contributed by atoms with Gasteiger partial charge in [0.2, 0.25) is 17.7 Å². The minimum atomic E-state index is -0.911. The number of carbonyl (C=O) groups excluding carboxylic acids is 4. The molecule has 2 unspecified atom stereocenters. The van der Waals surface area contributed by atoms with Gasteiger partial charge in [-0.2, -0.15) is 0 Å². The maximum absolute atomic E-state index is 14.4. The molecule has 0 aliphatic carbocycles. The highest BCUT2D eigenvalue weighted by atomic mass is 32.1. The number of fused-ring (bicyclic) bond motifs is 3. The number of thiophene rings is 1. The number of β-amino-alcohol motifs (C(OH)–C–C–N with tert-alkyl or cyclic N) is 1. The van der Waals surface area contributed by atoms with E-state index >= 15 is 0 Å². The van der Waals surface area contributed by atoms with Crippen LogP contribution in [0.25, 0.3) is 15.4 Å². The second kappa shape index (κ2) is 18.8. The van der Waals surface area contributed by atoms with Gasteiger partial charge in [-0.25, -0.2) is 4.98 Å². The Labute approximate surface area is 393 Å². The molecule has 3 amide bonds. The van der Waals surface area contributed by atoms with Crippen LogP contribution in [0.4, 0.5) is 5.69 Å². The summed E-state index contributed by atoms with van der Waals surface area (Å²) in [5.41, 5.74) is 8.91. The number of esters is 1. The standard InChI is InChI=1S/C49H59N9O6S2/c1-26-29(4)66-48-41(26)42(52-37(22-40(61)64-9)45-55-54-30(5)58(45)48)33-14-16-35(17-15-33)56-19-18-31(23-56)20-39(60)53-44(49(6,7)8)47(63)57-24-36(59)21-38(57)46(62)51-27(2)32-10-12-34(13-11-32)43-28(3)50-25-65-43/h10-17,25,27,31,36-38,44,59H,18-24H2,1-9H3,(H,51,62)(H,53,60)/t27-,31?,36+,37-,38-,44?/m0/s1. The molecule has 3 aliphatic rings. The van der Waals surface area contributed by atoms with Gasteiger partial charge in [-0.05, 0) is 81.2 Å². The predicted octanol–water partition coefficient (Wildman–Crippen LogP) is 6.73. The van der Waals surface area contributed by atoms with E-state index in [9.17, 15) is 24.3 Å². The van der Waals surface area contributed by atoms with Gasteiger partial charge in [0.25, 0.3) is 0 Å². The van der Waals surface area contributed by atoms with Crippen molar-refractivity contribution in [2.24, 2.45) is 16.3 Å². The number of ether oxygens (including phenoxy) is 1. The molecule has 6 atom stereocenters. The molecule has 0 saturated carbocycles. The fraction of sp³-hybridized carbons (Fsp3) is 0.469. The van der Waals surface area contributed by atoms with Gasteiger partial charge in [0, 0.05) is 54.2 Å². The topological polar surface area (TPSA) is 184 Å². The van der Waals surface area contributed by atoms with Crippen molar-refractivity contribution in [2.75, 3.05) is 31.6 Å². The van der Waals surface area contributed by atoms with Crippen LogP contribution in [0.2, 0.25) is 0 Å². The molecule has 2 aromatic carbocycles. The molecule has 0 spiro atoms. The van der Waals surface area contributed by atoms with E-state index in [4.69, 9.17) is 9.73 Å². The highest BCUT2D eigenvalue weighted by molar-refractivity contribution is 7.15. The molecule has 2 fully saturated rings. The molecule has 5 aromatic rings. The van der Waals surface area contributed by atoms with Gasteiger partial charge in [-0.15, -0.1) is 32.9 Å². The molecular formula is C49H59N9O6S2. The van der Waals surface area contributed by atoms with Gasteiger partial charge in [0.1, 0.15) is 29.0 Å². The number of likely N-dealkylation sites (tertiary alicyclic amines) is 1. The molecule has 3 aliphatic heterocycles. The SMILES string of the molecule is COC(=O)C[C@@H]1N=C(c2ccc(N3CCC(CC(=O)NC(C(=O)N4C[C@H](O)C[C@H]4C(=O)N[C@@H](C)c4ccc(-c5scnc5C)cc4)C(C)(C)C)C3)cc2)c2c(sc(C)c2C)-n2c(C)nnc21. The highest BCUT2D eigenvalue weighted by Crippen LogP contribution is 2.40. The van der Waals surface area contributed by atoms with E-state index in [1.54, 1.807) is 22.7 Å². The fourth-order valence-electron chi connectivity index (χ4n) is 9.33. The summed E-state index contributed by atoms with van der Waals surface area (Å²) in [5.74, 6) is 0.0333. The third-order valence-electron chi connectivity index (χ3n) is 13.2. The quantitative estimate of drug-likeness (QED) is 0.114. The van der Waals surface area contributed by atoms with Gasteiger partial charge in [0.15, 0.2) is 5.82 Å². The average molecular weight is 934 g/mol. The number of benzene rings is 2. The number of rotatable bonds is 12. The molecular weight excluding hydrogens is 875 g/mol. The van der Waals surface area contributed by atoms with Crippen LogP contribution in [0, 0.1) is 39.0 Å². The molecule has 3 N–H and O–H groups in total. The Bertz CT molecular complexity index is 2660. The molecule has 6 heterocycles. The van der Waals surface area contributed by atoms with Gasteiger partial charge in [-0.1, -0.05) is 57.2 Å². The lowest BCUT2D eigenvalue weighted by molar-refractivity contribution is -0.144. The Morgan fingerprint density at radius 2 is 1.65 bits per heavy atom. The number of amides is 3. The van der Waals surface area contributed by atoms with E-state index in [-0.39, 0.29) is 61.5 Å². The number of aliphatic hydroxyl groups is 1. The third kappa shape index (κ3) is 9.42. The Morgan fingerprint density at radius 1 is 0.939 bits per heavy atom. The van der Waals surface area contributed by atoms with Crippen LogP contribution in [0.1, 0.15) is 110 Å². The number of nitrogens with zero attached hydrogens (tertiary/aromatic N) is 7. The number of hydrogen-bond donors (Lipinski definition) is 3. The van der Waals surface area contributed by atoms with Crippen LogP contribution in [0.15, 0.2) is 59.0 Å². The number of aromatic nitrogens is 4. The molecule has 15 nitrogen and oxygen atoms in total. The Kier molecular flexibility index (Phi) is 13.3. The fourth-order valence-corrected chi connectivity index (χ4v) is 11.4. The lowest BCUT2D eigenvalue weighted by atomic mass is 9.85. The van der Waals surface area contributed by atoms with Gasteiger partial charge < -0.3 is 30.3 Å². The van der Waals surface area contributed by atoms with Crippen molar-refractivity contribution < 1.29 is 29.0 Å². The van der Waals surface area contributed by atoms with Gasteiger partial charge in [0.05, 0.1) is 47.5 Å². The lowest BCUT2D eigenvalue weighted by Gasteiger charge is -2.35. The van der Waals surface area contributed by atoms with Crippen LogP contribution in [-0.4, -0.2) is 104 Å². The van der Waals surface area contributed by atoms with Crippen molar-refractivity contribution in [3.8, 4) is 15.4 Å². The number of anilines is 1. The summed E-state index contributed by atoms with van der Waals surface area (Å²) in [6, 6.07) is 13.5. The predicted molar refractivity (Wildman–Crippen MR) is 256 cm³/mol. The average Bonchev–Trinajstić information content (AvgIpc) is 4.13. The molecule has 66 heavy (non-hydrogen) atoms. The van der Waals surface area contributed by atoms with Crippen molar-refractivity contribution in [3.63, 3.8) is 0 Å². The zero-order chi connectivity index (χ0) is 47.2. The first-order valence-electron chi connectivity index (χ1n) is 22.5. The monoisotopic (exact) mass is 933 g/mol.